The zero-order chi connectivity index (χ0) is 38.2. The Morgan fingerprint density at radius 3 is 2.04 bits per heavy atom. The van der Waals surface area contributed by atoms with Crippen LogP contribution in [0.5, 0.6) is 0 Å². The van der Waals surface area contributed by atoms with Gasteiger partial charge in [0.05, 0.1) is 33.9 Å². The van der Waals surface area contributed by atoms with E-state index < -0.39 is 34.1 Å². The Morgan fingerprint density at radius 2 is 1.49 bits per heavy atom. The van der Waals surface area contributed by atoms with Crippen LogP contribution in [0.3, 0.4) is 0 Å². The molecular weight excluding hydrogens is 735 g/mol. The first kappa shape index (κ1) is 41.4. The van der Waals surface area contributed by atoms with E-state index in [2.05, 4.69) is 44.5 Å². The van der Waals surface area contributed by atoms with Crippen LogP contribution in [-0.2, 0) is 45.5 Å². The second-order valence-corrected chi connectivity index (χ2v) is 16.9. The molecule has 0 saturated heterocycles. The van der Waals surface area contributed by atoms with E-state index in [-0.39, 0.29) is 44.1 Å². The SMILES string of the molecule is CC(C)c1nc(CN(C)C(=O)N[C@@H](CCNS(C)(=O)=O)C(=O)N[C@@H](CC[C@@H](Cc2ccccc2)NC(=O)OCc2cncs2)Cc2ccccc2)cs1. The number of benzene rings is 2. The molecule has 3 atom stereocenters. The van der Waals surface area contributed by atoms with Crippen LogP contribution >= 0.6 is 22.7 Å². The Hall–Kier alpha value is -4.38. The van der Waals surface area contributed by atoms with E-state index >= 15 is 0 Å². The van der Waals surface area contributed by atoms with Crippen molar-refractivity contribution < 1.29 is 27.5 Å². The van der Waals surface area contributed by atoms with Gasteiger partial charge in [0.25, 0.3) is 0 Å². The van der Waals surface area contributed by atoms with Crippen molar-refractivity contribution in [3.05, 3.63) is 104 Å². The molecule has 13 nitrogen and oxygen atoms in total. The van der Waals surface area contributed by atoms with E-state index in [4.69, 9.17) is 4.74 Å². The van der Waals surface area contributed by atoms with E-state index in [0.717, 1.165) is 33.0 Å². The summed E-state index contributed by atoms with van der Waals surface area (Å²) in [5.74, 6) is -0.185. The molecule has 2 aromatic heterocycles. The molecule has 4 aromatic rings. The Morgan fingerprint density at radius 1 is 0.868 bits per heavy atom. The fourth-order valence-corrected chi connectivity index (χ4v) is 7.32. The number of hydrogen-bond acceptors (Lipinski definition) is 10. The standard InChI is InChI=1S/C37H49N7O6S3/c1-26(2)35-41-31(24-51-35)22-44(3)36(46)43-33(17-18-39-53(4,48)49)34(45)40-29(19-27-11-7-5-8-12-27)15-16-30(20-28-13-9-6-10-14-28)42-37(47)50-23-32-21-38-25-52-32/h5-14,21,24-26,29-30,33,39H,15-20,22-23H2,1-4H3,(H,40,45)(H,42,47)(H,43,46)/t29-,30-,33-/m0/s1. The van der Waals surface area contributed by atoms with Crippen LogP contribution in [0.25, 0.3) is 0 Å². The third-order valence-corrected chi connectivity index (χ3v) is 10.9. The highest BCUT2D eigenvalue weighted by Gasteiger charge is 2.26. The van der Waals surface area contributed by atoms with E-state index in [1.54, 1.807) is 18.8 Å². The highest BCUT2D eigenvalue weighted by atomic mass is 32.2. The van der Waals surface area contributed by atoms with Gasteiger partial charge in [-0.25, -0.2) is 27.7 Å². The molecule has 0 bridgehead atoms. The summed E-state index contributed by atoms with van der Waals surface area (Å²) in [5, 5.41) is 11.8. The smallest absolute Gasteiger partial charge is 0.407 e. The number of nitrogens with zero attached hydrogens (tertiary/aromatic N) is 3. The van der Waals surface area contributed by atoms with Gasteiger partial charge in [0, 0.05) is 43.2 Å². The van der Waals surface area contributed by atoms with Crippen molar-refractivity contribution in [3.8, 4) is 0 Å². The highest BCUT2D eigenvalue weighted by molar-refractivity contribution is 7.88. The number of ether oxygens (including phenoxy) is 1. The first-order valence-electron chi connectivity index (χ1n) is 17.4. The number of sulfonamides is 1. The van der Waals surface area contributed by atoms with Crippen molar-refractivity contribution in [2.75, 3.05) is 19.8 Å². The zero-order valence-electron chi connectivity index (χ0n) is 30.5. The molecule has 2 aromatic carbocycles. The number of alkyl carbamates (subject to hydrolysis) is 1. The van der Waals surface area contributed by atoms with Crippen molar-refractivity contribution in [2.24, 2.45) is 0 Å². The van der Waals surface area contributed by atoms with Gasteiger partial charge in [0.1, 0.15) is 12.6 Å². The van der Waals surface area contributed by atoms with Gasteiger partial charge >= 0.3 is 12.1 Å². The minimum Gasteiger partial charge on any atom is -0.444 e. The zero-order valence-corrected chi connectivity index (χ0v) is 32.9. The molecular formula is C37H49N7O6S3. The summed E-state index contributed by atoms with van der Waals surface area (Å²) in [7, 11) is -1.91. The van der Waals surface area contributed by atoms with Gasteiger partial charge in [-0.3, -0.25) is 9.78 Å². The number of nitrogens with one attached hydrogen (secondary N) is 4. The van der Waals surface area contributed by atoms with Gasteiger partial charge < -0.3 is 25.6 Å². The first-order chi connectivity index (χ1) is 25.3. The largest absolute Gasteiger partial charge is 0.444 e. The lowest BCUT2D eigenvalue weighted by atomic mass is 9.95. The molecule has 0 fully saturated rings. The van der Waals surface area contributed by atoms with Crippen molar-refractivity contribution in [1.29, 1.82) is 0 Å². The molecule has 4 amide bonds. The van der Waals surface area contributed by atoms with Crippen molar-refractivity contribution >= 4 is 50.7 Å². The fraction of sp³-hybridized carbons (Fsp3) is 0.432. The lowest BCUT2D eigenvalue weighted by molar-refractivity contribution is -0.123. The Labute approximate surface area is 320 Å². The van der Waals surface area contributed by atoms with Crippen LogP contribution in [0.1, 0.15) is 65.7 Å². The number of urea groups is 1. The maximum Gasteiger partial charge on any atom is 0.407 e. The van der Waals surface area contributed by atoms with Crippen LogP contribution in [-0.4, -0.2) is 79.3 Å². The molecule has 0 unspecified atom stereocenters. The minimum atomic E-state index is -3.53. The average molecular weight is 784 g/mol. The second-order valence-electron chi connectivity index (χ2n) is 13.2. The molecule has 0 aliphatic rings. The summed E-state index contributed by atoms with van der Waals surface area (Å²) in [6.07, 6.45) is 4.19. The summed E-state index contributed by atoms with van der Waals surface area (Å²) < 4.78 is 31.6. The predicted octanol–water partition coefficient (Wildman–Crippen LogP) is 5.22. The van der Waals surface area contributed by atoms with Gasteiger partial charge in [-0.1, -0.05) is 74.5 Å². The predicted molar refractivity (Wildman–Crippen MR) is 208 cm³/mol. The molecule has 4 rings (SSSR count). The summed E-state index contributed by atoms with van der Waals surface area (Å²) >= 11 is 2.93. The third kappa shape index (κ3) is 15.2. The molecule has 4 N–H and O–H groups in total. The number of rotatable bonds is 20. The molecule has 0 radical (unpaired) electrons. The number of carbonyl (C=O) groups is 3. The number of amides is 4. The van der Waals surface area contributed by atoms with Gasteiger partial charge in [-0.05, 0) is 43.2 Å². The van der Waals surface area contributed by atoms with Gasteiger partial charge in [0.15, 0.2) is 0 Å². The van der Waals surface area contributed by atoms with Crippen LogP contribution in [0.2, 0.25) is 0 Å². The van der Waals surface area contributed by atoms with Crippen molar-refractivity contribution in [3.63, 3.8) is 0 Å². The first-order valence-corrected chi connectivity index (χ1v) is 21.1. The number of aromatic nitrogens is 2. The summed E-state index contributed by atoms with van der Waals surface area (Å²) in [6, 6.07) is 17.3. The lowest BCUT2D eigenvalue weighted by Crippen LogP contribution is -2.53. The van der Waals surface area contributed by atoms with E-state index in [0.29, 0.717) is 25.7 Å². The van der Waals surface area contributed by atoms with Gasteiger partial charge in [0.2, 0.25) is 15.9 Å². The summed E-state index contributed by atoms with van der Waals surface area (Å²) in [5.41, 5.74) is 4.45. The molecule has 16 heteroatoms. The average Bonchev–Trinajstić information content (AvgIpc) is 3.82. The monoisotopic (exact) mass is 783 g/mol. The van der Waals surface area contributed by atoms with Crippen LogP contribution < -0.4 is 20.7 Å². The molecule has 2 heterocycles. The van der Waals surface area contributed by atoms with Crippen LogP contribution in [0, 0.1) is 0 Å². The highest BCUT2D eigenvalue weighted by Crippen LogP contribution is 2.20. The van der Waals surface area contributed by atoms with Gasteiger partial charge in [-0.15, -0.1) is 22.7 Å². The maximum absolute atomic E-state index is 14.0. The molecule has 0 spiro atoms. The molecule has 0 aliphatic heterocycles. The quantitative estimate of drug-likeness (QED) is 0.0946. The number of carbonyl (C=O) groups excluding carboxylic acids is 3. The van der Waals surface area contributed by atoms with Crippen molar-refractivity contribution in [1.82, 2.24) is 35.5 Å². The van der Waals surface area contributed by atoms with Crippen LogP contribution in [0.4, 0.5) is 9.59 Å². The minimum absolute atomic E-state index is 0.0223. The third-order valence-electron chi connectivity index (χ3n) is 8.23. The molecule has 286 valence electrons. The van der Waals surface area contributed by atoms with E-state index in [1.165, 1.54) is 27.6 Å². The molecule has 53 heavy (non-hydrogen) atoms. The Balaban J connectivity index is 1.48. The fourth-order valence-electron chi connectivity index (χ4n) is 5.50. The maximum atomic E-state index is 14.0. The van der Waals surface area contributed by atoms with Crippen molar-refractivity contribution in [2.45, 2.75) is 83.1 Å². The molecule has 0 saturated carbocycles. The summed E-state index contributed by atoms with van der Waals surface area (Å²) in [4.78, 5) is 51.2. The Bertz CT molecular complexity index is 1820. The van der Waals surface area contributed by atoms with Gasteiger partial charge in [-0.2, -0.15) is 0 Å². The van der Waals surface area contributed by atoms with E-state index in [1.807, 2.05) is 66.0 Å². The lowest BCUT2D eigenvalue weighted by Gasteiger charge is -2.27. The van der Waals surface area contributed by atoms with Crippen LogP contribution in [0.15, 0.2) is 77.8 Å². The Kier molecular flexibility index (Phi) is 16.2. The van der Waals surface area contributed by atoms with E-state index in [9.17, 15) is 22.8 Å². The number of thiazole rings is 2. The topological polar surface area (TPSA) is 172 Å². The molecule has 0 aliphatic carbocycles. The summed E-state index contributed by atoms with van der Waals surface area (Å²) in [6.45, 7) is 4.40. The normalized spacial score (nSPS) is 13.2. The second kappa shape index (κ2) is 20.8. The number of hydrogen-bond donors (Lipinski definition) is 4.